The van der Waals surface area contributed by atoms with Crippen molar-refractivity contribution in [1.82, 2.24) is 4.90 Å². The summed E-state index contributed by atoms with van der Waals surface area (Å²) in [6.45, 7) is 7.32. The Labute approximate surface area is 111 Å². The van der Waals surface area contributed by atoms with Crippen molar-refractivity contribution in [2.75, 3.05) is 31.1 Å². The largest absolute Gasteiger partial charge is 0.371 e. The third-order valence-corrected chi connectivity index (χ3v) is 4.49. The average molecular weight is 244 g/mol. The zero-order valence-electron chi connectivity index (χ0n) is 11.4. The first-order valence-electron chi connectivity index (χ1n) is 7.38. The van der Waals surface area contributed by atoms with Crippen LogP contribution in [0.5, 0.6) is 0 Å². The van der Waals surface area contributed by atoms with Gasteiger partial charge in [-0.05, 0) is 63.4 Å². The number of aryl methyl sites for hydroxylation is 1. The quantitative estimate of drug-likeness (QED) is 0.789. The van der Waals surface area contributed by atoms with Crippen molar-refractivity contribution in [3.05, 3.63) is 29.8 Å². The van der Waals surface area contributed by atoms with E-state index in [0.29, 0.717) is 0 Å². The maximum atomic E-state index is 2.72. The van der Waals surface area contributed by atoms with Crippen LogP contribution in [0.15, 0.2) is 24.3 Å². The fourth-order valence-corrected chi connectivity index (χ4v) is 3.42. The molecule has 0 atom stereocenters. The third-order valence-electron chi connectivity index (χ3n) is 4.49. The average Bonchev–Trinajstić information content (AvgIpc) is 2.93. The zero-order chi connectivity index (χ0) is 12.4. The number of rotatable bonds is 2. The Morgan fingerprint density at radius 3 is 2.39 bits per heavy atom. The van der Waals surface area contributed by atoms with E-state index in [9.17, 15) is 0 Å². The van der Waals surface area contributed by atoms with Crippen molar-refractivity contribution < 1.29 is 0 Å². The van der Waals surface area contributed by atoms with Gasteiger partial charge in [0.05, 0.1) is 0 Å². The predicted molar refractivity (Wildman–Crippen MR) is 77.2 cm³/mol. The van der Waals surface area contributed by atoms with E-state index in [-0.39, 0.29) is 0 Å². The van der Waals surface area contributed by atoms with Crippen LogP contribution < -0.4 is 4.90 Å². The maximum Gasteiger partial charge on any atom is 0.0368 e. The molecule has 2 fully saturated rings. The minimum atomic E-state index is 0.855. The van der Waals surface area contributed by atoms with Gasteiger partial charge in [0.1, 0.15) is 0 Å². The predicted octanol–water partition coefficient (Wildman–Crippen LogP) is 3.06. The van der Waals surface area contributed by atoms with Gasteiger partial charge in [-0.15, -0.1) is 0 Å². The van der Waals surface area contributed by atoms with Crippen molar-refractivity contribution in [2.45, 2.75) is 38.6 Å². The molecule has 1 aromatic carbocycles. The van der Waals surface area contributed by atoms with Crippen LogP contribution in [0.25, 0.3) is 0 Å². The molecular formula is C16H24N2. The number of anilines is 1. The summed E-state index contributed by atoms with van der Waals surface area (Å²) in [4.78, 5) is 5.27. The molecule has 3 rings (SSSR count). The molecule has 2 saturated heterocycles. The van der Waals surface area contributed by atoms with E-state index < -0.39 is 0 Å². The van der Waals surface area contributed by atoms with Crippen molar-refractivity contribution in [3.8, 4) is 0 Å². The van der Waals surface area contributed by atoms with Crippen LogP contribution in [0.3, 0.4) is 0 Å². The number of nitrogens with zero attached hydrogens (tertiary/aromatic N) is 2. The van der Waals surface area contributed by atoms with E-state index in [2.05, 4.69) is 41.0 Å². The monoisotopic (exact) mass is 244 g/mol. The number of piperidine rings is 1. The van der Waals surface area contributed by atoms with Gasteiger partial charge in [0, 0.05) is 24.8 Å². The molecule has 0 unspecified atom stereocenters. The summed E-state index contributed by atoms with van der Waals surface area (Å²) in [5.74, 6) is 0. The molecule has 0 amide bonds. The SMILES string of the molecule is Cc1cccc(N2CCC(N3CCCC3)CC2)c1. The van der Waals surface area contributed by atoms with Gasteiger partial charge < -0.3 is 9.80 Å². The zero-order valence-corrected chi connectivity index (χ0v) is 11.4. The van der Waals surface area contributed by atoms with E-state index in [1.807, 2.05) is 0 Å². The Balaban J connectivity index is 1.59. The Bertz CT molecular complexity index is 388. The Kier molecular flexibility index (Phi) is 3.55. The molecule has 0 bridgehead atoms. The smallest absolute Gasteiger partial charge is 0.0368 e. The highest BCUT2D eigenvalue weighted by Crippen LogP contribution is 2.25. The van der Waals surface area contributed by atoms with E-state index >= 15 is 0 Å². The summed E-state index contributed by atoms with van der Waals surface area (Å²) in [5, 5.41) is 0. The normalized spacial score (nSPS) is 22.6. The van der Waals surface area contributed by atoms with Crippen molar-refractivity contribution in [1.29, 1.82) is 0 Å². The Hall–Kier alpha value is -1.02. The molecular weight excluding hydrogens is 220 g/mol. The molecule has 0 saturated carbocycles. The lowest BCUT2D eigenvalue weighted by Crippen LogP contribution is -2.43. The molecule has 0 spiro atoms. The van der Waals surface area contributed by atoms with Gasteiger partial charge >= 0.3 is 0 Å². The van der Waals surface area contributed by atoms with E-state index in [1.54, 1.807) is 0 Å². The van der Waals surface area contributed by atoms with Crippen LogP contribution in [0.2, 0.25) is 0 Å². The maximum absolute atomic E-state index is 2.72. The molecule has 2 heteroatoms. The van der Waals surface area contributed by atoms with Gasteiger partial charge in [-0.2, -0.15) is 0 Å². The van der Waals surface area contributed by atoms with Gasteiger partial charge in [-0.3, -0.25) is 0 Å². The molecule has 2 nitrogen and oxygen atoms in total. The summed E-state index contributed by atoms with van der Waals surface area (Å²) < 4.78 is 0. The lowest BCUT2D eigenvalue weighted by atomic mass is 10.0. The molecule has 0 aromatic heterocycles. The van der Waals surface area contributed by atoms with Gasteiger partial charge in [-0.25, -0.2) is 0 Å². The van der Waals surface area contributed by atoms with Crippen LogP contribution in [-0.2, 0) is 0 Å². The standard InChI is InChI=1S/C16H24N2/c1-14-5-4-6-16(13-14)18-11-7-15(8-12-18)17-9-2-3-10-17/h4-6,13,15H,2-3,7-12H2,1H3. The Morgan fingerprint density at radius 2 is 1.72 bits per heavy atom. The second kappa shape index (κ2) is 5.31. The second-order valence-electron chi connectivity index (χ2n) is 5.80. The van der Waals surface area contributed by atoms with Gasteiger partial charge in [0.2, 0.25) is 0 Å². The summed E-state index contributed by atoms with van der Waals surface area (Å²) in [6, 6.07) is 9.78. The van der Waals surface area contributed by atoms with E-state index in [1.165, 1.54) is 63.1 Å². The number of benzene rings is 1. The van der Waals surface area contributed by atoms with Gasteiger partial charge in [0.25, 0.3) is 0 Å². The molecule has 2 aliphatic rings. The first-order chi connectivity index (χ1) is 8.83. The fraction of sp³-hybridized carbons (Fsp3) is 0.625. The van der Waals surface area contributed by atoms with Crippen LogP contribution in [0, 0.1) is 6.92 Å². The topological polar surface area (TPSA) is 6.48 Å². The van der Waals surface area contributed by atoms with Crippen LogP contribution in [0.4, 0.5) is 5.69 Å². The van der Waals surface area contributed by atoms with Gasteiger partial charge in [0.15, 0.2) is 0 Å². The highest BCUT2D eigenvalue weighted by molar-refractivity contribution is 5.48. The lowest BCUT2D eigenvalue weighted by Gasteiger charge is -2.37. The molecule has 0 N–H and O–H groups in total. The minimum absolute atomic E-state index is 0.855. The second-order valence-corrected chi connectivity index (χ2v) is 5.80. The number of likely N-dealkylation sites (tertiary alicyclic amines) is 1. The molecule has 2 heterocycles. The summed E-state index contributed by atoms with van der Waals surface area (Å²) >= 11 is 0. The Morgan fingerprint density at radius 1 is 1.00 bits per heavy atom. The molecule has 98 valence electrons. The third kappa shape index (κ3) is 2.54. The van der Waals surface area contributed by atoms with E-state index in [0.717, 1.165) is 6.04 Å². The molecule has 1 aromatic rings. The van der Waals surface area contributed by atoms with Crippen LogP contribution in [-0.4, -0.2) is 37.1 Å². The molecule has 0 radical (unpaired) electrons. The summed E-state index contributed by atoms with van der Waals surface area (Å²) in [5.41, 5.74) is 2.78. The first kappa shape index (κ1) is 12.0. The molecule has 0 aliphatic carbocycles. The van der Waals surface area contributed by atoms with Crippen LogP contribution in [0.1, 0.15) is 31.2 Å². The van der Waals surface area contributed by atoms with Crippen LogP contribution >= 0.6 is 0 Å². The van der Waals surface area contributed by atoms with Crippen molar-refractivity contribution in [3.63, 3.8) is 0 Å². The number of hydrogen-bond donors (Lipinski definition) is 0. The first-order valence-corrected chi connectivity index (χ1v) is 7.38. The van der Waals surface area contributed by atoms with E-state index in [4.69, 9.17) is 0 Å². The summed E-state index contributed by atoms with van der Waals surface area (Å²) in [7, 11) is 0. The number of hydrogen-bond acceptors (Lipinski definition) is 2. The van der Waals surface area contributed by atoms with Gasteiger partial charge in [-0.1, -0.05) is 12.1 Å². The lowest BCUT2D eigenvalue weighted by molar-refractivity contribution is 0.208. The fourth-order valence-electron chi connectivity index (χ4n) is 3.42. The van der Waals surface area contributed by atoms with Crippen molar-refractivity contribution in [2.24, 2.45) is 0 Å². The molecule has 18 heavy (non-hydrogen) atoms. The highest BCUT2D eigenvalue weighted by atomic mass is 15.2. The summed E-state index contributed by atoms with van der Waals surface area (Å²) in [6.07, 6.45) is 5.51. The van der Waals surface area contributed by atoms with Crippen molar-refractivity contribution >= 4 is 5.69 Å². The highest BCUT2D eigenvalue weighted by Gasteiger charge is 2.26. The minimum Gasteiger partial charge on any atom is -0.371 e. The molecule has 2 aliphatic heterocycles.